The number of nitrogens with zero attached hydrogens (tertiary/aromatic N) is 1. The summed E-state index contributed by atoms with van der Waals surface area (Å²) in [6.07, 6.45) is 11.7. The van der Waals surface area contributed by atoms with Gasteiger partial charge < -0.3 is 0 Å². The van der Waals surface area contributed by atoms with Gasteiger partial charge in [-0.15, -0.1) is 0 Å². The topological polar surface area (TPSA) is 41.5 Å². The molecule has 1 rings (SSSR count). The molecule has 3 nitrogen and oxygen atoms in total. The highest BCUT2D eigenvalue weighted by atomic mass is 35.5. The van der Waals surface area contributed by atoms with Crippen LogP contribution in [0.15, 0.2) is 23.3 Å². The second-order valence-electron chi connectivity index (χ2n) is 6.44. The van der Waals surface area contributed by atoms with Crippen molar-refractivity contribution in [2.24, 2.45) is 5.10 Å². The average Bonchev–Trinajstić information content (AvgIpc) is 2.60. The van der Waals surface area contributed by atoms with Crippen molar-refractivity contribution < 1.29 is 4.79 Å². The summed E-state index contributed by atoms with van der Waals surface area (Å²) in [5.74, 6) is -0.0395. The van der Waals surface area contributed by atoms with Crippen LogP contribution in [0.5, 0.6) is 0 Å². The van der Waals surface area contributed by atoms with Crippen molar-refractivity contribution in [1.29, 1.82) is 0 Å². The summed E-state index contributed by atoms with van der Waals surface area (Å²) in [7, 11) is 0. The van der Waals surface area contributed by atoms with E-state index in [4.69, 9.17) is 23.2 Å². The molecule has 0 saturated heterocycles. The fourth-order valence-corrected chi connectivity index (χ4v) is 2.88. The molecule has 0 unspecified atom stereocenters. The van der Waals surface area contributed by atoms with Crippen molar-refractivity contribution in [3.63, 3.8) is 0 Å². The summed E-state index contributed by atoms with van der Waals surface area (Å²) in [6.45, 7) is 4.07. The van der Waals surface area contributed by atoms with Crippen LogP contribution in [0, 0.1) is 0 Å². The van der Waals surface area contributed by atoms with E-state index in [2.05, 4.69) is 17.5 Å². The number of hydrazone groups is 1. The van der Waals surface area contributed by atoms with E-state index < -0.39 is 0 Å². The SMILES string of the molecule is CCCCCCCCCCCC(=O)N/N=C(/C)c1ccc(Cl)c(Cl)c1. The van der Waals surface area contributed by atoms with Gasteiger partial charge in [-0.05, 0) is 31.0 Å². The lowest BCUT2D eigenvalue weighted by atomic mass is 10.1. The molecule has 1 aromatic carbocycles. The summed E-state index contributed by atoms with van der Waals surface area (Å²) in [5, 5.41) is 5.13. The molecule has 0 aromatic heterocycles. The van der Waals surface area contributed by atoms with Crippen molar-refractivity contribution >= 4 is 34.8 Å². The van der Waals surface area contributed by atoms with Crippen LogP contribution in [-0.4, -0.2) is 11.6 Å². The third kappa shape index (κ3) is 9.86. The van der Waals surface area contributed by atoms with Gasteiger partial charge in [-0.3, -0.25) is 4.79 Å². The van der Waals surface area contributed by atoms with Crippen LogP contribution in [0.4, 0.5) is 0 Å². The molecule has 25 heavy (non-hydrogen) atoms. The number of benzene rings is 1. The third-order valence-electron chi connectivity index (χ3n) is 4.19. The van der Waals surface area contributed by atoms with E-state index in [-0.39, 0.29) is 5.91 Å². The number of carbonyl (C=O) groups excluding carboxylic acids is 1. The molecule has 0 aliphatic rings. The largest absolute Gasteiger partial charge is 0.273 e. The Labute approximate surface area is 162 Å². The number of carbonyl (C=O) groups is 1. The minimum atomic E-state index is -0.0395. The van der Waals surface area contributed by atoms with Crippen LogP contribution in [0.2, 0.25) is 10.0 Å². The molecule has 140 valence electrons. The van der Waals surface area contributed by atoms with E-state index in [0.717, 1.165) is 18.4 Å². The fourth-order valence-electron chi connectivity index (χ4n) is 2.58. The van der Waals surface area contributed by atoms with Gasteiger partial charge in [-0.25, -0.2) is 5.43 Å². The molecule has 0 heterocycles. The zero-order valence-corrected chi connectivity index (χ0v) is 16.9. The Kier molecular flexibility index (Phi) is 11.6. The first kappa shape index (κ1) is 22.0. The van der Waals surface area contributed by atoms with Crippen molar-refractivity contribution in [1.82, 2.24) is 5.43 Å². The van der Waals surface area contributed by atoms with Gasteiger partial charge >= 0.3 is 0 Å². The first-order chi connectivity index (χ1) is 12.0. The highest BCUT2D eigenvalue weighted by Gasteiger charge is 2.04. The molecule has 0 fully saturated rings. The number of unbranched alkanes of at least 4 members (excludes halogenated alkanes) is 8. The van der Waals surface area contributed by atoms with Gasteiger partial charge in [0.2, 0.25) is 5.91 Å². The molecule has 0 spiro atoms. The molecule has 0 aliphatic heterocycles. The molecule has 0 atom stereocenters. The smallest absolute Gasteiger partial charge is 0.240 e. The molecule has 0 saturated carbocycles. The molecule has 1 N–H and O–H groups in total. The molecule has 5 heteroatoms. The van der Waals surface area contributed by atoms with E-state index in [9.17, 15) is 4.79 Å². The predicted octanol–water partition coefficient (Wildman–Crippen LogP) is 6.75. The quantitative estimate of drug-likeness (QED) is 0.241. The maximum atomic E-state index is 11.8. The van der Waals surface area contributed by atoms with Crippen molar-refractivity contribution in [3.8, 4) is 0 Å². The van der Waals surface area contributed by atoms with E-state index in [0.29, 0.717) is 22.2 Å². The summed E-state index contributed by atoms with van der Waals surface area (Å²) < 4.78 is 0. The predicted molar refractivity (Wildman–Crippen MR) is 109 cm³/mol. The van der Waals surface area contributed by atoms with E-state index in [1.54, 1.807) is 12.1 Å². The Balaban J connectivity index is 2.16. The van der Waals surface area contributed by atoms with Crippen LogP contribution in [0.3, 0.4) is 0 Å². The normalized spacial score (nSPS) is 11.6. The number of hydrogen-bond donors (Lipinski definition) is 1. The van der Waals surface area contributed by atoms with Gasteiger partial charge in [0.05, 0.1) is 15.8 Å². The van der Waals surface area contributed by atoms with Gasteiger partial charge in [0.15, 0.2) is 0 Å². The Morgan fingerprint density at radius 3 is 2.16 bits per heavy atom. The molecule has 1 amide bonds. The Morgan fingerprint density at radius 2 is 1.56 bits per heavy atom. The average molecular weight is 385 g/mol. The lowest BCUT2D eigenvalue weighted by molar-refractivity contribution is -0.121. The number of halogens is 2. The molecule has 1 aromatic rings. The Hall–Kier alpha value is -1.06. The highest BCUT2D eigenvalue weighted by molar-refractivity contribution is 6.42. The van der Waals surface area contributed by atoms with Crippen molar-refractivity contribution in [3.05, 3.63) is 33.8 Å². The van der Waals surface area contributed by atoms with Crippen LogP contribution < -0.4 is 5.43 Å². The lowest BCUT2D eigenvalue weighted by Gasteiger charge is -2.05. The van der Waals surface area contributed by atoms with Crippen molar-refractivity contribution in [2.75, 3.05) is 0 Å². The van der Waals surface area contributed by atoms with E-state index >= 15 is 0 Å². The van der Waals surface area contributed by atoms with Gasteiger partial charge in [0, 0.05) is 6.42 Å². The van der Waals surface area contributed by atoms with Gasteiger partial charge in [-0.1, -0.05) is 87.6 Å². The number of rotatable bonds is 12. The standard InChI is InChI=1S/C20H30Cl2N2O/c1-3-4-5-6-7-8-9-10-11-12-20(25)24-23-16(2)17-13-14-18(21)19(22)15-17/h13-15H,3-12H2,1-2H3,(H,24,25)/b23-16-. The van der Waals surface area contributed by atoms with Crippen LogP contribution in [0.25, 0.3) is 0 Å². The molecule has 0 bridgehead atoms. The second-order valence-corrected chi connectivity index (χ2v) is 7.25. The monoisotopic (exact) mass is 384 g/mol. The number of amides is 1. The minimum absolute atomic E-state index is 0.0395. The molecule has 0 aliphatic carbocycles. The highest BCUT2D eigenvalue weighted by Crippen LogP contribution is 2.22. The molecular formula is C20H30Cl2N2O. The first-order valence-corrected chi connectivity index (χ1v) is 10.1. The Morgan fingerprint density at radius 1 is 0.960 bits per heavy atom. The second kappa shape index (κ2) is 13.2. The van der Waals surface area contributed by atoms with Crippen LogP contribution in [0.1, 0.15) is 83.6 Å². The van der Waals surface area contributed by atoms with Crippen LogP contribution >= 0.6 is 23.2 Å². The molecule has 0 radical (unpaired) electrons. The Bertz CT molecular complexity index is 559. The van der Waals surface area contributed by atoms with Gasteiger partial charge in [0.1, 0.15) is 0 Å². The minimum Gasteiger partial charge on any atom is -0.273 e. The summed E-state index contributed by atoms with van der Waals surface area (Å²) >= 11 is 11.9. The number of hydrogen-bond acceptors (Lipinski definition) is 2. The van der Waals surface area contributed by atoms with E-state index in [1.165, 1.54) is 44.9 Å². The zero-order chi connectivity index (χ0) is 18.5. The lowest BCUT2D eigenvalue weighted by Crippen LogP contribution is -2.18. The number of nitrogens with one attached hydrogen (secondary N) is 1. The first-order valence-electron chi connectivity index (χ1n) is 9.33. The summed E-state index contributed by atoms with van der Waals surface area (Å²) in [5.41, 5.74) is 4.17. The fraction of sp³-hybridized carbons (Fsp3) is 0.600. The van der Waals surface area contributed by atoms with Crippen LogP contribution in [-0.2, 0) is 4.79 Å². The molecular weight excluding hydrogens is 355 g/mol. The summed E-state index contributed by atoms with van der Waals surface area (Å²) in [6, 6.07) is 5.30. The maximum absolute atomic E-state index is 11.8. The summed E-state index contributed by atoms with van der Waals surface area (Å²) in [4.78, 5) is 11.8. The van der Waals surface area contributed by atoms with Gasteiger partial charge in [0.25, 0.3) is 0 Å². The maximum Gasteiger partial charge on any atom is 0.240 e. The van der Waals surface area contributed by atoms with Gasteiger partial charge in [-0.2, -0.15) is 5.10 Å². The third-order valence-corrected chi connectivity index (χ3v) is 4.93. The van der Waals surface area contributed by atoms with E-state index in [1.807, 2.05) is 13.0 Å². The van der Waals surface area contributed by atoms with Crippen molar-refractivity contribution in [2.45, 2.75) is 78.1 Å². The zero-order valence-electron chi connectivity index (χ0n) is 15.4.